The Kier molecular flexibility index (Phi) is 15.3. The van der Waals surface area contributed by atoms with Gasteiger partial charge >= 0.3 is 0 Å². The predicted molar refractivity (Wildman–Crippen MR) is 219 cm³/mol. The Morgan fingerprint density at radius 2 is 1.40 bits per heavy atom. The lowest BCUT2D eigenvalue weighted by atomic mass is 9.98. The second-order valence-electron chi connectivity index (χ2n) is 15.1. The van der Waals surface area contributed by atoms with E-state index >= 15 is 0 Å². The summed E-state index contributed by atoms with van der Waals surface area (Å²) in [6.07, 6.45) is 10.8. The summed E-state index contributed by atoms with van der Waals surface area (Å²) in [5.74, 6) is -0.0138. The number of aliphatic hydroxyl groups is 1. The highest BCUT2D eigenvalue weighted by molar-refractivity contribution is 5.93. The first-order valence-electron chi connectivity index (χ1n) is 20.3. The van der Waals surface area contributed by atoms with Gasteiger partial charge in [-0.15, -0.1) is 0 Å². The van der Waals surface area contributed by atoms with Crippen LogP contribution in [-0.2, 0) is 32.2 Å². The van der Waals surface area contributed by atoms with E-state index in [9.17, 15) is 14.7 Å². The topological polar surface area (TPSA) is 126 Å². The van der Waals surface area contributed by atoms with Crippen molar-refractivity contribution >= 4 is 23.2 Å². The van der Waals surface area contributed by atoms with Gasteiger partial charge in [0, 0.05) is 37.9 Å². The first-order valence-corrected chi connectivity index (χ1v) is 20.3. The first kappa shape index (κ1) is 40.1. The molecule has 2 heterocycles. The molecule has 0 bridgehead atoms. The summed E-state index contributed by atoms with van der Waals surface area (Å²) < 4.78 is 13.4. The highest BCUT2D eigenvalue weighted by Gasteiger charge is 2.33. The Morgan fingerprint density at radius 3 is 2.15 bits per heavy atom. The summed E-state index contributed by atoms with van der Waals surface area (Å²) in [4.78, 5) is 27.5. The number of rotatable bonds is 16. The molecule has 3 atom stereocenters. The Balaban J connectivity index is 1.01. The largest absolute Gasteiger partial charge is 0.397 e. The monoisotopic (exact) mass is 746 g/mol. The van der Waals surface area contributed by atoms with Crippen molar-refractivity contribution in [2.24, 2.45) is 0 Å². The fourth-order valence-corrected chi connectivity index (χ4v) is 7.58. The number of anilines is 2. The number of likely N-dealkylation sites (tertiary alicyclic amines) is 1. The molecule has 55 heavy (non-hydrogen) atoms. The van der Waals surface area contributed by atoms with E-state index in [4.69, 9.17) is 15.2 Å². The summed E-state index contributed by atoms with van der Waals surface area (Å²) in [6.45, 7) is 3.59. The lowest BCUT2D eigenvalue weighted by molar-refractivity contribution is -0.253. The number of benzene rings is 4. The van der Waals surface area contributed by atoms with Crippen LogP contribution >= 0.6 is 0 Å². The highest BCUT2D eigenvalue weighted by Crippen LogP contribution is 2.39. The number of para-hydroxylation sites is 2. The molecule has 4 aromatic carbocycles. The van der Waals surface area contributed by atoms with E-state index in [-0.39, 0.29) is 30.6 Å². The third-order valence-electron chi connectivity index (χ3n) is 10.7. The van der Waals surface area contributed by atoms with E-state index in [1.165, 1.54) is 32.1 Å². The molecule has 0 spiro atoms. The SMILES string of the molecule is Nc1ccccc1NC(=O)CCCCCCC(=O)NCc1cccc(-c2cccc([C@@H]3O[C@H](CN4CCCCCCC4)C[C@H](c4ccc(CO)cc4)O3)c2)c1. The van der Waals surface area contributed by atoms with Crippen molar-refractivity contribution in [2.75, 3.05) is 30.7 Å². The molecular formula is C46H58N4O5. The predicted octanol–water partition coefficient (Wildman–Crippen LogP) is 8.84. The number of nitrogens with zero attached hydrogens (tertiary/aromatic N) is 1. The number of nitrogens with one attached hydrogen (secondary N) is 2. The van der Waals surface area contributed by atoms with Gasteiger partial charge in [-0.3, -0.25) is 9.59 Å². The minimum absolute atomic E-state index is 0.0203. The fourth-order valence-electron chi connectivity index (χ4n) is 7.58. The van der Waals surface area contributed by atoms with E-state index < -0.39 is 6.29 Å². The van der Waals surface area contributed by atoms with Crippen molar-refractivity contribution < 1.29 is 24.2 Å². The summed E-state index contributed by atoms with van der Waals surface area (Å²) in [6, 6.07) is 32.0. The van der Waals surface area contributed by atoms with Crippen molar-refractivity contribution in [1.29, 1.82) is 0 Å². The number of hydrogen-bond acceptors (Lipinski definition) is 7. The molecule has 2 amide bonds. The molecule has 2 fully saturated rings. The zero-order chi connectivity index (χ0) is 38.2. The van der Waals surface area contributed by atoms with Gasteiger partial charge in [-0.25, -0.2) is 0 Å². The van der Waals surface area contributed by atoms with Crippen molar-refractivity contribution in [2.45, 2.75) is 109 Å². The standard InChI is InChI=1S/C46H58N4O5/c47-41-18-8-9-19-42(41)49-45(53)21-7-3-2-6-20-44(52)48-31-35-14-12-15-37(28-35)38-16-13-17-39(29-38)46-54-40(32-50-26-10-4-1-5-11-27-50)30-43(55-46)36-24-22-34(33-51)23-25-36/h8-9,12-19,22-25,28-29,40,43,46,51H,1-7,10-11,20-21,26-27,30-33,47H2,(H,48,52)(H,49,53)/t40-,43+,46+/m0/s1. The number of unbranched alkanes of at least 4 members (excludes halogenated alkanes) is 3. The van der Waals surface area contributed by atoms with Gasteiger partial charge < -0.3 is 35.8 Å². The second kappa shape index (κ2) is 20.9. The molecule has 4 aromatic rings. The van der Waals surface area contributed by atoms with Gasteiger partial charge in [0.25, 0.3) is 0 Å². The molecule has 6 rings (SSSR count). The Morgan fingerprint density at radius 1 is 0.709 bits per heavy atom. The molecule has 2 aliphatic heterocycles. The number of amides is 2. The third kappa shape index (κ3) is 12.5. The van der Waals surface area contributed by atoms with E-state index in [1.54, 1.807) is 12.1 Å². The van der Waals surface area contributed by atoms with Gasteiger partial charge in [0.05, 0.1) is 30.2 Å². The van der Waals surface area contributed by atoms with Gasteiger partial charge in [0.2, 0.25) is 11.8 Å². The fraction of sp³-hybridized carbons (Fsp3) is 0.435. The lowest BCUT2D eigenvalue weighted by Gasteiger charge is -2.39. The number of nitrogen functional groups attached to an aromatic ring is 1. The number of nitrogens with two attached hydrogens (primary N) is 1. The molecule has 292 valence electrons. The van der Waals surface area contributed by atoms with Gasteiger partial charge in [0.1, 0.15) is 0 Å². The number of hydrogen-bond donors (Lipinski definition) is 4. The molecule has 2 saturated heterocycles. The highest BCUT2D eigenvalue weighted by atomic mass is 16.7. The summed E-state index contributed by atoms with van der Waals surface area (Å²) >= 11 is 0. The van der Waals surface area contributed by atoms with Crippen LogP contribution in [0.15, 0.2) is 97.1 Å². The normalized spacial score (nSPS) is 19.3. The minimum atomic E-state index is -0.510. The molecule has 0 saturated carbocycles. The van der Waals surface area contributed by atoms with E-state index in [0.29, 0.717) is 30.8 Å². The minimum Gasteiger partial charge on any atom is -0.397 e. The van der Waals surface area contributed by atoms with E-state index in [2.05, 4.69) is 64.1 Å². The third-order valence-corrected chi connectivity index (χ3v) is 10.7. The summed E-state index contributed by atoms with van der Waals surface area (Å²) in [7, 11) is 0. The second-order valence-corrected chi connectivity index (χ2v) is 15.1. The molecule has 0 aromatic heterocycles. The molecule has 0 radical (unpaired) electrons. The van der Waals surface area contributed by atoms with E-state index in [0.717, 1.165) is 85.1 Å². The quantitative estimate of drug-likeness (QED) is 0.0667. The molecule has 5 N–H and O–H groups in total. The van der Waals surface area contributed by atoms with Gasteiger partial charge in [-0.05, 0) is 90.9 Å². The molecular weight excluding hydrogens is 689 g/mol. The van der Waals surface area contributed by atoms with Crippen LogP contribution in [0.1, 0.15) is 112 Å². The van der Waals surface area contributed by atoms with Crippen LogP contribution in [-0.4, -0.2) is 47.6 Å². The smallest absolute Gasteiger partial charge is 0.224 e. The summed E-state index contributed by atoms with van der Waals surface area (Å²) in [5, 5.41) is 15.6. The van der Waals surface area contributed by atoms with Gasteiger partial charge in [-0.1, -0.05) is 105 Å². The van der Waals surface area contributed by atoms with Crippen LogP contribution in [0.25, 0.3) is 11.1 Å². The van der Waals surface area contributed by atoms with E-state index in [1.807, 2.05) is 36.4 Å². The zero-order valence-corrected chi connectivity index (χ0v) is 32.1. The Bertz CT molecular complexity index is 1810. The van der Waals surface area contributed by atoms with Crippen LogP contribution < -0.4 is 16.4 Å². The van der Waals surface area contributed by atoms with Crippen LogP contribution in [0.3, 0.4) is 0 Å². The van der Waals surface area contributed by atoms with Crippen LogP contribution in [0, 0.1) is 0 Å². The summed E-state index contributed by atoms with van der Waals surface area (Å²) in [5.41, 5.74) is 13.2. The number of aliphatic hydroxyl groups excluding tert-OH is 1. The maximum atomic E-state index is 12.7. The average Bonchev–Trinajstić information content (AvgIpc) is 3.20. The van der Waals surface area contributed by atoms with Crippen molar-refractivity contribution in [3.05, 3.63) is 119 Å². The van der Waals surface area contributed by atoms with Crippen molar-refractivity contribution in [3.8, 4) is 11.1 Å². The first-order chi connectivity index (χ1) is 26.9. The van der Waals surface area contributed by atoms with Crippen LogP contribution in [0.2, 0.25) is 0 Å². The Labute approximate surface area is 326 Å². The maximum Gasteiger partial charge on any atom is 0.224 e. The van der Waals surface area contributed by atoms with Crippen LogP contribution in [0.5, 0.6) is 0 Å². The molecule has 2 aliphatic rings. The van der Waals surface area contributed by atoms with Crippen molar-refractivity contribution in [3.63, 3.8) is 0 Å². The number of ether oxygens (including phenoxy) is 2. The zero-order valence-electron chi connectivity index (χ0n) is 32.1. The Hall–Kier alpha value is -4.54. The average molecular weight is 747 g/mol. The lowest BCUT2D eigenvalue weighted by Crippen LogP contribution is -2.40. The maximum absolute atomic E-state index is 12.7. The van der Waals surface area contributed by atoms with Gasteiger partial charge in [0.15, 0.2) is 6.29 Å². The van der Waals surface area contributed by atoms with Crippen molar-refractivity contribution in [1.82, 2.24) is 10.2 Å². The number of carbonyl (C=O) groups is 2. The molecule has 9 heteroatoms. The van der Waals surface area contributed by atoms with Gasteiger partial charge in [-0.2, -0.15) is 0 Å². The molecule has 9 nitrogen and oxygen atoms in total. The molecule has 0 unspecified atom stereocenters. The molecule has 0 aliphatic carbocycles. The van der Waals surface area contributed by atoms with Crippen LogP contribution in [0.4, 0.5) is 11.4 Å². The number of carbonyl (C=O) groups excluding carboxylic acids is 2.